The maximum absolute atomic E-state index is 8.08. The van der Waals surface area contributed by atoms with Crippen molar-refractivity contribution in [1.82, 2.24) is 0 Å². The van der Waals surface area contributed by atoms with Crippen molar-refractivity contribution in [3.05, 3.63) is 0 Å². The summed E-state index contributed by atoms with van der Waals surface area (Å²) in [5.41, 5.74) is 0. The SMILES string of the molecule is ClOCl.OCC1CO1. The number of hydrogen-bond acceptors (Lipinski definition) is 3. The van der Waals surface area contributed by atoms with Crippen molar-refractivity contribution < 1.29 is 13.7 Å². The lowest BCUT2D eigenvalue weighted by atomic mass is 10.5. The summed E-state index contributed by atoms with van der Waals surface area (Å²) in [6, 6.07) is 0. The lowest BCUT2D eigenvalue weighted by Crippen LogP contribution is -1.88. The molecule has 0 aromatic heterocycles. The van der Waals surface area contributed by atoms with Crippen LogP contribution in [0.1, 0.15) is 0 Å². The summed E-state index contributed by atoms with van der Waals surface area (Å²) in [5, 5.41) is 8.08. The fourth-order valence-corrected chi connectivity index (χ4v) is 0.173. The molecule has 1 atom stereocenters. The van der Waals surface area contributed by atoms with Gasteiger partial charge in [-0.25, -0.2) is 0 Å². The van der Waals surface area contributed by atoms with Crippen LogP contribution in [-0.2, 0) is 8.58 Å². The number of epoxide rings is 1. The molecule has 1 aliphatic rings. The molecule has 1 aliphatic heterocycles. The van der Waals surface area contributed by atoms with Gasteiger partial charge < -0.3 is 9.84 Å². The van der Waals surface area contributed by atoms with Crippen LogP contribution in [0, 0.1) is 0 Å². The van der Waals surface area contributed by atoms with E-state index in [0.29, 0.717) is 0 Å². The van der Waals surface area contributed by atoms with Crippen LogP contribution < -0.4 is 0 Å². The van der Waals surface area contributed by atoms with Crippen LogP contribution in [0.25, 0.3) is 0 Å². The first-order chi connectivity index (χ1) is 3.85. The van der Waals surface area contributed by atoms with Gasteiger partial charge >= 0.3 is 0 Å². The van der Waals surface area contributed by atoms with Gasteiger partial charge in [-0.2, -0.15) is 3.84 Å². The van der Waals surface area contributed by atoms with Crippen LogP contribution in [0.4, 0.5) is 0 Å². The second-order valence-corrected chi connectivity index (χ2v) is 1.66. The van der Waals surface area contributed by atoms with Gasteiger partial charge in [0.25, 0.3) is 0 Å². The summed E-state index contributed by atoms with van der Waals surface area (Å²) in [5.74, 6) is 0. The van der Waals surface area contributed by atoms with E-state index in [2.05, 4.69) is 32.3 Å². The normalized spacial score (nSPS) is 23.6. The van der Waals surface area contributed by atoms with Gasteiger partial charge in [0.1, 0.15) is 6.10 Å². The summed E-state index contributed by atoms with van der Waals surface area (Å²) >= 11 is 8.53. The Hall–Kier alpha value is 0.460. The van der Waals surface area contributed by atoms with Gasteiger partial charge in [0.15, 0.2) is 0 Å². The largest absolute Gasteiger partial charge is 0.394 e. The Labute approximate surface area is 57.4 Å². The predicted octanol–water partition coefficient (Wildman–Crippen LogP) is 0.688. The molecule has 50 valence electrons. The summed E-state index contributed by atoms with van der Waals surface area (Å²) in [6.45, 7) is 0.955. The first kappa shape index (κ1) is 8.46. The van der Waals surface area contributed by atoms with Gasteiger partial charge in [0.05, 0.1) is 36.9 Å². The lowest BCUT2D eigenvalue weighted by molar-refractivity contribution is 0.244. The molecule has 0 radical (unpaired) electrons. The molecule has 3 nitrogen and oxygen atoms in total. The molecule has 0 aromatic rings. The molecule has 1 unspecified atom stereocenters. The van der Waals surface area contributed by atoms with Gasteiger partial charge in [-0.3, -0.25) is 0 Å². The van der Waals surface area contributed by atoms with Crippen molar-refractivity contribution in [2.45, 2.75) is 6.10 Å². The minimum Gasteiger partial charge on any atom is -0.394 e. The maximum atomic E-state index is 8.08. The Morgan fingerprint density at radius 1 is 1.75 bits per heavy atom. The summed E-state index contributed by atoms with van der Waals surface area (Å²) in [4.78, 5) is 0. The molecular weight excluding hydrogens is 155 g/mol. The quantitative estimate of drug-likeness (QED) is 0.575. The second-order valence-electron chi connectivity index (χ2n) is 1.20. The average Bonchev–Trinajstić information content (AvgIpc) is 2.48. The van der Waals surface area contributed by atoms with Crippen molar-refractivity contribution in [3.8, 4) is 0 Å². The molecule has 1 N–H and O–H groups in total. The van der Waals surface area contributed by atoms with Gasteiger partial charge in [0.2, 0.25) is 0 Å². The molecule has 1 rings (SSSR count). The molecule has 0 bridgehead atoms. The van der Waals surface area contributed by atoms with Gasteiger partial charge in [0, 0.05) is 0 Å². The van der Waals surface area contributed by atoms with Gasteiger partial charge in [-0.1, -0.05) is 0 Å². The number of aliphatic hydroxyl groups is 1. The highest BCUT2D eigenvalue weighted by Crippen LogP contribution is 2.04. The smallest absolute Gasteiger partial charge is 0.104 e. The molecule has 0 aliphatic carbocycles. The summed E-state index contributed by atoms with van der Waals surface area (Å²) in [6.07, 6.45) is 0.190. The van der Waals surface area contributed by atoms with Crippen molar-refractivity contribution in [2.24, 2.45) is 0 Å². The third-order valence-corrected chi connectivity index (χ3v) is 0.606. The van der Waals surface area contributed by atoms with Crippen LogP contribution in [0.3, 0.4) is 0 Å². The fraction of sp³-hybridized carbons (Fsp3) is 1.00. The molecule has 0 saturated carbocycles. The van der Waals surface area contributed by atoms with E-state index in [0.717, 1.165) is 6.61 Å². The van der Waals surface area contributed by atoms with Crippen LogP contribution in [0.15, 0.2) is 0 Å². The van der Waals surface area contributed by atoms with Gasteiger partial charge in [-0.05, 0) is 0 Å². The molecule has 1 fully saturated rings. The molecule has 0 aromatic carbocycles. The zero-order valence-electron chi connectivity index (χ0n) is 4.01. The number of halogens is 2. The number of hydrogen-bond donors (Lipinski definition) is 1. The highest BCUT2D eigenvalue weighted by atomic mass is 35.6. The Kier molecular flexibility index (Phi) is 5.92. The van der Waals surface area contributed by atoms with E-state index in [-0.39, 0.29) is 12.7 Å². The molecule has 1 saturated heterocycles. The van der Waals surface area contributed by atoms with E-state index in [1.165, 1.54) is 0 Å². The molecule has 8 heavy (non-hydrogen) atoms. The maximum Gasteiger partial charge on any atom is 0.104 e. The Morgan fingerprint density at radius 3 is 2.12 bits per heavy atom. The van der Waals surface area contributed by atoms with E-state index in [1.54, 1.807) is 0 Å². The third-order valence-electron chi connectivity index (χ3n) is 0.606. The van der Waals surface area contributed by atoms with Crippen molar-refractivity contribution in [3.63, 3.8) is 0 Å². The Bertz CT molecular complexity index is 47.8. The summed E-state index contributed by atoms with van der Waals surface area (Å²) < 4.78 is 7.80. The lowest BCUT2D eigenvalue weighted by Gasteiger charge is -1.70. The minimum atomic E-state index is 0.190. The van der Waals surface area contributed by atoms with E-state index >= 15 is 0 Å². The Balaban J connectivity index is 0.000000145. The van der Waals surface area contributed by atoms with E-state index in [1.807, 2.05) is 0 Å². The van der Waals surface area contributed by atoms with E-state index in [4.69, 9.17) is 5.11 Å². The monoisotopic (exact) mass is 160 g/mol. The highest BCUT2D eigenvalue weighted by Gasteiger charge is 2.19. The van der Waals surface area contributed by atoms with Crippen LogP contribution in [0.2, 0.25) is 0 Å². The number of ether oxygens (including phenoxy) is 1. The van der Waals surface area contributed by atoms with Crippen LogP contribution in [-0.4, -0.2) is 24.4 Å². The molecule has 0 amide bonds. The predicted molar refractivity (Wildman–Crippen MR) is 29.6 cm³/mol. The third kappa shape index (κ3) is 6.46. The molecular formula is C3H6Cl2O3. The van der Waals surface area contributed by atoms with Crippen LogP contribution >= 0.6 is 23.7 Å². The molecule has 0 spiro atoms. The Morgan fingerprint density at radius 2 is 2.12 bits per heavy atom. The zero-order chi connectivity index (χ0) is 6.41. The first-order valence-corrected chi connectivity index (χ1v) is 2.58. The number of aliphatic hydroxyl groups excluding tert-OH is 1. The molecule has 5 heteroatoms. The summed E-state index contributed by atoms with van der Waals surface area (Å²) in [7, 11) is 0. The van der Waals surface area contributed by atoms with Crippen molar-refractivity contribution in [2.75, 3.05) is 13.2 Å². The van der Waals surface area contributed by atoms with E-state index in [9.17, 15) is 0 Å². The fourth-order valence-electron chi connectivity index (χ4n) is 0.173. The van der Waals surface area contributed by atoms with Gasteiger partial charge in [-0.15, -0.1) is 0 Å². The zero-order valence-corrected chi connectivity index (χ0v) is 5.52. The highest BCUT2D eigenvalue weighted by molar-refractivity contribution is 6.24. The second kappa shape index (κ2) is 5.59. The van der Waals surface area contributed by atoms with E-state index < -0.39 is 0 Å². The minimum absolute atomic E-state index is 0.190. The van der Waals surface area contributed by atoms with Crippen molar-refractivity contribution >= 4 is 23.7 Å². The first-order valence-electron chi connectivity index (χ1n) is 1.97. The van der Waals surface area contributed by atoms with Crippen molar-refractivity contribution in [1.29, 1.82) is 0 Å². The van der Waals surface area contributed by atoms with Crippen LogP contribution in [0.5, 0.6) is 0 Å². The standard InChI is InChI=1S/C3H6O2.Cl2O/c4-1-3-2-5-3;1-3-2/h3-4H,1-2H2;. The topological polar surface area (TPSA) is 42.0 Å². The molecule has 1 heterocycles. The number of rotatable bonds is 1. The average molecular weight is 161 g/mol.